The molecular formula is C57H37NO2S. The van der Waals surface area contributed by atoms with E-state index in [9.17, 15) is 0 Å². The van der Waals surface area contributed by atoms with Gasteiger partial charge >= 0.3 is 0 Å². The molecule has 0 unspecified atom stereocenters. The number of thiophene rings is 1. The molecule has 0 aliphatic heterocycles. The lowest BCUT2D eigenvalue weighted by molar-refractivity contribution is 0.660. The molecule has 0 fully saturated rings. The van der Waals surface area contributed by atoms with E-state index in [1.54, 1.807) is 0 Å². The van der Waals surface area contributed by atoms with Crippen molar-refractivity contribution < 1.29 is 8.83 Å². The van der Waals surface area contributed by atoms with Crippen LogP contribution in [0.15, 0.2) is 197 Å². The summed E-state index contributed by atoms with van der Waals surface area (Å²) < 4.78 is 16.7. The van der Waals surface area contributed by atoms with E-state index in [2.05, 4.69) is 201 Å². The number of para-hydroxylation sites is 3. The first kappa shape index (κ1) is 34.5. The van der Waals surface area contributed by atoms with E-state index in [-0.39, 0.29) is 5.41 Å². The lowest BCUT2D eigenvalue weighted by atomic mass is 9.81. The van der Waals surface area contributed by atoms with Gasteiger partial charge in [0.1, 0.15) is 16.7 Å². The van der Waals surface area contributed by atoms with Crippen molar-refractivity contribution in [3.05, 3.63) is 199 Å². The van der Waals surface area contributed by atoms with Gasteiger partial charge in [0.15, 0.2) is 5.58 Å². The average Bonchev–Trinajstić information content (AvgIpc) is 4.05. The molecule has 12 aromatic rings. The number of furan rings is 2. The van der Waals surface area contributed by atoms with Crippen molar-refractivity contribution in [2.75, 3.05) is 4.90 Å². The maximum atomic E-state index is 7.49. The molecule has 0 spiro atoms. The summed E-state index contributed by atoms with van der Waals surface area (Å²) in [7, 11) is 0. The predicted octanol–water partition coefficient (Wildman–Crippen LogP) is 17.0. The standard InChI is InChI=1S/C57H37NO2S/c1-57(2)44-24-10-6-19-37(44)38-31-30-35(32-45(38)57)52-53-42-21-8-12-28-49(42)59-50(53)33-43-40-22-14-26-47(54(40)60-55(43)52)58(46-25-11-7-18-36(46)34-16-4-3-5-17-34)48-27-15-23-41-39-20-9-13-29-51(39)61-56(41)48/h3-33H,1-2H3. The van der Waals surface area contributed by atoms with Crippen LogP contribution in [0.5, 0.6) is 0 Å². The third kappa shape index (κ3) is 4.91. The highest BCUT2D eigenvalue weighted by atomic mass is 32.1. The van der Waals surface area contributed by atoms with Gasteiger partial charge in [0.05, 0.1) is 21.8 Å². The van der Waals surface area contributed by atoms with E-state index in [1.807, 2.05) is 17.4 Å². The summed E-state index contributed by atoms with van der Waals surface area (Å²) in [5, 5.41) is 6.72. The largest absolute Gasteiger partial charge is 0.456 e. The number of hydrogen-bond acceptors (Lipinski definition) is 4. The van der Waals surface area contributed by atoms with E-state index in [0.717, 1.165) is 83.2 Å². The molecule has 0 atom stereocenters. The van der Waals surface area contributed by atoms with Crippen LogP contribution in [0.1, 0.15) is 25.0 Å². The fraction of sp³-hybridized carbons (Fsp3) is 0.0526. The summed E-state index contributed by atoms with van der Waals surface area (Å²) in [6.45, 7) is 4.69. The molecule has 0 radical (unpaired) electrons. The molecule has 9 aromatic carbocycles. The van der Waals surface area contributed by atoms with E-state index in [0.29, 0.717) is 0 Å². The normalized spacial score (nSPS) is 13.2. The SMILES string of the molecule is CC1(C)c2ccccc2-c2ccc(-c3c4oc5c(N(c6ccccc6-c6ccccc6)c6cccc7c6sc6ccccc67)cccc5c4cc4oc5ccccc5c34)cc21. The first-order valence-electron chi connectivity index (χ1n) is 20.9. The molecule has 0 saturated carbocycles. The van der Waals surface area contributed by atoms with E-state index in [4.69, 9.17) is 8.83 Å². The minimum atomic E-state index is -0.158. The Morgan fingerprint density at radius 1 is 0.426 bits per heavy atom. The fourth-order valence-corrected chi connectivity index (χ4v) is 11.5. The first-order chi connectivity index (χ1) is 30.0. The van der Waals surface area contributed by atoms with Crippen molar-refractivity contribution >= 4 is 92.4 Å². The number of rotatable bonds is 5. The molecule has 13 rings (SSSR count). The topological polar surface area (TPSA) is 29.5 Å². The van der Waals surface area contributed by atoms with Crippen LogP contribution in [0.2, 0.25) is 0 Å². The molecule has 0 amide bonds. The molecule has 61 heavy (non-hydrogen) atoms. The minimum absolute atomic E-state index is 0.158. The van der Waals surface area contributed by atoms with Crippen LogP contribution in [0.3, 0.4) is 0 Å². The molecule has 1 aliphatic rings. The Morgan fingerprint density at radius 2 is 1.10 bits per heavy atom. The van der Waals surface area contributed by atoms with Gasteiger partial charge in [0.2, 0.25) is 0 Å². The lowest BCUT2D eigenvalue weighted by Gasteiger charge is -2.28. The third-order valence-corrected chi connectivity index (χ3v) is 14.3. The highest BCUT2D eigenvalue weighted by molar-refractivity contribution is 7.26. The van der Waals surface area contributed by atoms with Crippen LogP contribution in [0, 0.1) is 0 Å². The molecule has 288 valence electrons. The van der Waals surface area contributed by atoms with E-state index >= 15 is 0 Å². The van der Waals surface area contributed by atoms with Crippen molar-refractivity contribution in [2.45, 2.75) is 19.3 Å². The van der Waals surface area contributed by atoms with Crippen LogP contribution in [0.4, 0.5) is 17.1 Å². The summed E-state index contributed by atoms with van der Waals surface area (Å²) in [4.78, 5) is 2.43. The Hall–Kier alpha value is -7.40. The lowest BCUT2D eigenvalue weighted by Crippen LogP contribution is -2.14. The molecule has 0 saturated heterocycles. The van der Waals surface area contributed by atoms with Gasteiger partial charge < -0.3 is 13.7 Å². The highest BCUT2D eigenvalue weighted by Crippen LogP contribution is 2.54. The van der Waals surface area contributed by atoms with Gasteiger partial charge in [-0.25, -0.2) is 0 Å². The Labute approximate surface area is 356 Å². The Morgan fingerprint density at radius 3 is 1.98 bits per heavy atom. The molecule has 3 aromatic heterocycles. The van der Waals surface area contributed by atoms with Gasteiger partial charge in [-0.3, -0.25) is 0 Å². The van der Waals surface area contributed by atoms with Gasteiger partial charge in [-0.05, 0) is 75.8 Å². The van der Waals surface area contributed by atoms with Gasteiger partial charge in [0.25, 0.3) is 0 Å². The van der Waals surface area contributed by atoms with Crippen molar-refractivity contribution in [1.29, 1.82) is 0 Å². The van der Waals surface area contributed by atoms with Gasteiger partial charge in [-0.1, -0.05) is 159 Å². The van der Waals surface area contributed by atoms with Crippen molar-refractivity contribution in [3.8, 4) is 33.4 Å². The smallest absolute Gasteiger partial charge is 0.159 e. The molecule has 3 nitrogen and oxygen atoms in total. The predicted molar refractivity (Wildman–Crippen MR) is 257 cm³/mol. The summed E-state index contributed by atoms with van der Waals surface area (Å²) in [5.74, 6) is 0. The Kier molecular flexibility index (Phi) is 7.23. The number of benzene rings is 9. The first-order valence-corrected chi connectivity index (χ1v) is 21.7. The van der Waals surface area contributed by atoms with Crippen molar-refractivity contribution in [1.82, 2.24) is 0 Å². The van der Waals surface area contributed by atoms with Crippen LogP contribution >= 0.6 is 11.3 Å². The molecule has 3 heterocycles. The summed E-state index contributed by atoms with van der Waals surface area (Å²) in [5.41, 5.74) is 16.1. The van der Waals surface area contributed by atoms with E-state index < -0.39 is 0 Å². The Balaban J connectivity index is 1.13. The molecular weight excluding hydrogens is 763 g/mol. The number of anilines is 3. The zero-order chi connectivity index (χ0) is 40.4. The third-order valence-electron chi connectivity index (χ3n) is 13.1. The van der Waals surface area contributed by atoms with Gasteiger partial charge in [-0.15, -0.1) is 11.3 Å². The monoisotopic (exact) mass is 799 g/mol. The maximum Gasteiger partial charge on any atom is 0.159 e. The number of nitrogens with zero attached hydrogens (tertiary/aromatic N) is 1. The zero-order valence-corrected chi connectivity index (χ0v) is 34.4. The molecule has 0 N–H and O–H groups in total. The average molecular weight is 800 g/mol. The maximum absolute atomic E-state index is 7.49. The second-order valence-corrected chi connectivity index (χ2v) is 17.8. The second kappa shape index (κ2) is 12.8. The van der Waals surface area contributed by atoms with Crippen molar-refractivity contribution in [2.24, 2.45) is 0 Å². The Bertz CT molecular complexity index is 3750. The van der Waals surface area contributed by atoms with Crippen LogP contribution in [-0.2, 0) is 5.41 Å². The second-order valence-electron chi connectivity index (χ2n) is 16.8. The van der Waals surface area contributed by atoms with Gasteiger partial charge in [0, 0.05) is 53.6 Å². The molecule has 4 heteroatoms. The molecule has 0 bridgehead atoms. The van der Waals surface area contributed by atoms with Crippen molar-refractivity contribution in [3.63, 3.8) is 0 Å². The van der Waals surface area contributed by atoms with E-state index in [1.165, 1.54) is 42.4 Å². The number of fused-ring (bicyclic) bond motifs is 12. The highest BCUT2D eigenvalue weighted by Gasteiger charge is 2.36. The van der Waals surface area contributed by atoms with Gasteiger partial charge in [-0.2, -0.15) is 0 Å². The number of hydrogen-bond donors (Lipinski definition) is 0. The zero-order valence-electron chi connectivity index (χ0n) is 33.6. The van der Waals surface area contributed by atoms with Crippen LogP contribution in [-0.4, -0.2) is 0 Å². The van der Waals surface area contributed by atoms with Crippen LogP contribution < -0.4 is 4.90 Å². The summed E-state index contributed by atoms with van der Waals surface area (Å²) in [6, 6.07) is 67.9. The summed E-state index contributed by atoms with van der Waals surface area (Å²) >= 11 is 1.84. The minimum Gasteiger partial charge on any atom is -0.456 e. The fourth-order valence-electron chi connectivity index (χ4n) is 10.3. The summed E-state index contributed by atoms with van der Waals surface area (Å²) in [6.07, 6.45) is 0. The van der Waals surface area contributed by atoms with Crippen LogP contribution in [0.25, 0.3) is 97.4 Å². The molecule has 1 aliphatic carbocycles. The quantitative estimate of drug-likeness (QED) is 0.174.